The van der Waals surface area contributed by atoms with Gasteiger partial charge in [-0.25, -0.2) is 4.79 Å². The number of aryl methyl sites for hydroxylation is 1. The van der Waals surface area contributed by atoms with Gasteiger partial charge in [0.25, 0.3) is 0 Å². The molecule has 0 aliphatic carbocycles. The van der Waals surface area contributed by atoms with Crippen LogP contribution in [0.25, 0.3) is 11.0 Å². The van der Waals surface area contributed by atoms with E-state index in [1.165, 1.54) is 6.07 Å². The second-order valence-electron chi connectivity index (χ2n) is 2.95. The summed E-state index contributed by atoms with van der Waals surface area (Å²) in [4.78, 5) is 10.9. The van der Waals surface area contributed by atoms with E-state index in [0.29, 0.717) is 11.3 Å². The first-order valence-corrected chi connectivity index (χ1v) is 4.97. The van der Waals surface area contributed by atoms with Crippen LogP contribution < -0.4 is 11.4 Å². The lowest BCUT2D eigenvalue weighted by atomic mass is 10.1. The van der Waals surface area contributed by atoms with Crippen LogP contribution in [0.1, 0.15) is 19.4 Å². The van der Waals surface area contributed by atoms with E-state index < -0.39 is 0 Å². The summed E-state index contributed by atoms with van der Waals surface area (Å²) in [5.41, 5.74) is 7.61. The summed E-state index contributed by atoms with van der Waals surface area (Å²) in [5.74, 6) is 0. The van der Waals surface area contributed by atoms with Crippen molar-refractivity contribution in [3.63, 3.8) is 0 Å². The Balaban J connectivity index is 0.000000531. The van der Waals surface area contributed by atoms with Crippen molar-refractivity contribution in [2.24, 2.45) is 0 Å². The molecule has 0 aliphatic heterocycles. The minimum Gasteiger partial charge on any atom is -0.423 e. The highest BCUT2D eigenvalue weighted by molar-refractivity contribution is 5.84. The maximum absolute atomic E-state index is 10.9. The number of nitrogens with two attached hydrogens (primary N) is 1. The molecule has 0 amide bonds. The minimum atomic E-state index is -0.336. The normalized spacial score (nSPS) is 9.53. The number of nitrogen functional groups attached to an aromatic ring is 1. The van der Waals surface area contributed by atoms with E-state index in [0.717, 1.165) is 10.9 Å². The molecule has 2 N–H and O–H groups in total. The van der Waals surface area contributed by atoms with Crippen molar-refractivity contribution in [3.8, 4) is 0 Å². The second-order valence-corrected chi connectivity index (χ2v) is 2.95. The van der Waals surface area contributed by atoms with Gasteiger partial charge in [-0.1, -0.05) is 13.8 Å². The second kappa shape index (κ2) is 4.64. The lowest BCUT2D eigenvalue weighted by molar-refractivity contribution is 0.561. The van der Waals surface area contributed by atoms with Crippen LogP contribution in [-0.4, -0.2) is 0 Å². The summed E-state index contributed by atoms with van der Waals surface area (Å²) in [6, 6.07) is 6.57. The van der Waals surface area contributed by atoms with Gasteiger partial charge in [-0.15, -0.1) is 0 Å². The van der Waals surface area contributed by atoms with Crippen LogP contribution in [0, 0.1) is 6.92 Å². The molecular weight excluding hydrogens is 190 g/mol. The molecule has 1 aromatic heterocycles. The number of rotatable bonds is 0. The standard InChI is InChI=1S/C10H9NO2.C2H6/c1-6-7-2-5-10(12)13-9(7)4-3-8(6)11;1-2/h2-5H,11H2,1H3;1-2H3. The molecule has 0 bridgehead atoms. The summed E-state index contributed by atoms with van der Waals surface area (Å²) in [6.07, 6.45) is 0. The summed E-state index contributed by atoms with van der Waals surface area (Å²) in [6.45, 7) is 5.90. The highest BCUT2D eigenvalue weighted by atomic mass is 16.4. The van der Waals surface area contributed by atoms with Crippen molar-refractivity contribution in [2.75, 3.05) is 5.73 Å². The largest absolute Gasteiger partial charge is 0.423 e. The molecule has 1 heterocycles. The first-order chi connectivity index (χ1) is 7.18. The van der Waals surface area contributed by atoms with Crippen molar-refractivity contribution in [1.82, 2.24) is 0 Å². The molecule has 0 saturated heterocycles. The third-order valence-electron chi connectivity index (χ3n) is 2.11. The zero-order chi connectivity index (χ0) is 11.4. The van der Waals surface area contributed by atoms with Gasteiger partial charge in [-0.2, -0.15) is 0 Å². The Labute approximate surface area is 88.5 Å². The van der Waals surface area contributed by atoms with Gasteiger partial charge in [0, 0.05) is 17.1 Å². The van der Waals surface area contributed by atoms with Crippen LogP contribution in [0.4, 0.5) is 5.69 Å². The Morgan fingerprint density at radius 2 is 1.80 bits per heavy atom. The molecule has 0 spiro atoms. The minimum absolute atomic E-state index is 0.336. The fourth-order valence-corrected chi connectivity index (χ4v) is 1.31. The molecule has 15 heavy (non-hydrogen) atoms. The third-order valence-corrected chi connectivity index (χ3v) is 2.11. The Kier molecular flexibility index (Phi) is 3.50. The van der Waals surface area contributed by atoms with Gasteiger partial charge in [0.05, 0.1) is 0 Å². The Morgan fingerprint density at radius 1 is 1.13 bits per heavy atom. The summed E-state index contributed by atoms with van der Waals surface area (Å²) in [5, 5.41) is 0.889. The number of benzene rings is 1. The van der Waals surface area contributed by atoms with Crippen molar-refractivity contribution < 1.29 is 4.42 Å². The summed E-state index contributed by atoms with van der Waals surface area (Å²) < 4.78 is 4.99. The predicted octanol–water partition coefficient (Wildman–Crippen LogP) is 2.71. The number of hydrogen-bond donors (Lipinski definition) is 1. The van der Waals surface area contributed by atoms with E-state index in [1.54, 1.807) is 18.2 Å². The quantitative estimate of drug-likeness (QED) is 0.531. The zero-order valence-corrected chi connectivity index (χ0v) is 9.20. The molecule has 3 nitrogen and oxygen atoms in total. The lowest BCUT2D eigenvalue weighted by Crippen LogP contribution is -1.96. The molecule has 0 atom stereocenters. The van der Waals surface area contributed by atoms with Gasteiger partial charge < -0.3 is 10.2 Å². The van der Waals surface area contributed by atoms with Gasteiger partial charge >= 0.3 is 5.63 Å². The first kappa shape index (κ1) is 11.3. The first-order valence-electron chi connectivity index (χ1n) is 4.97. The van der Waals surface area contributed by atoms with E-state index in [9.17, 15) is 4.79 Å². The van der Waals surface area contributed by atoms with Crippen LogP contribution in [0.2, 0.25) is 0 Å². The molecule has 3 heteroatoms. The Hall–Kier alpha value is -1.77. The maximum atomic E-state index is 10.9. The van der Waals surface area contributed by atoms with Gasteiger partial charge in [-0.3, -0.25) is 0 Å². The Bertz CT molecular complexity index is 515. The maximum Gasteiger partial charge on any atom is 0.336 e. The molecule has 0 unspecified atom stereocenters. The van der Waals surface area contributed by atoms with E-state index in [2.05, 4.69) is 0 Å². The zero-order valence-electron chi connectivity index (χ0n) is 9.20. The molecule has 2 rings (SSSR count). The van der Waals surface area contributed by atoms with E-state index in [1.807, 2.05) is 20.8 Å². The fourth-order valence-electron chi connectivity index (χ4n) is 1.31. The summed E-state index contributed by atoms with van der Waals surface area (Å²) in [7, 11) is 0. The fraction of sp³-hybridized carbons (Fsp3) is 0.250. The summed E-state index contributed by atoms with van der Waals surface area (Å²) >= 11 is 0. The highest BCUT2D eigenvalue weighted by Crippen LogP contribution is 2.21. The molecule has 80 valence electrons. The van der Waals surface area contributed by atoms with Crippen molar-refractivity contribution in [3.05, 3.63) is 40.2 Å². The van der Waals surface area contributed by atoms with Crippen LogP contribution in [-0.2, 0) is 0 Å². The molecule has 1 aromatic carbocycles. The number of hydrogen-bond acceptors (Lipinski definition) is 3. The van der Waals surface area contributed by atoms with Crippen LogP contribution in [0.3, 0.4) is 0 Å². The van der Waals surface area contributed by atoms with Crippen molar-refractivity contribution in [1.29, 1.82) is 0 Å². The number of anilines is 1. The van der Waals surface area contributed by atoms with Crippen molar-refractivity contribution in [2.45, 2.75) is 20.8 Å². The van der Waals surface area contributed by atoms with E-state index in [-0.39, 0.29) is 5.63 Å². The van der Waals surface area contributed by atoms with Gasteiger partial charge in [-0.05, 0) is 30.7 Å². The van der Waals surface area contributed by atoms with E-state index in [4.69, 9.17) is 10.2 Å². The molecule has 0 radical (unpaired) electrons. The predicted molar refractivity (Wildman–Crippen MR) is 63.0 cm³/mol. The van der Waals surface area contributed by atoms with Crippen LogP contribution in [0.15, 0.2) is 33.5 Å². The molecule has 0 saturated carbocycles. The smallest absolute Gasteiger partial charge is 0.336 e. The Morgan fingerprint density at radius 3 is 2.47 bits per heavy atom. The molecule has 2 aromatic rings. The highest BCUT2D eigenvalue weighted by Gasteiger charge is 2.02. The monoisotopic (exact) mass is 205 g/mol. The number of fused-ring (bicyclic) bond motifs is 1. The SMILES string of the molecule is CC.Cc1c(N)ccc2oc(=O)ccc12. The average molecular weight is 205 g/mol. The molecule has 0 aliphatic rings. The lowest BCUT2D eigenvalue weighted by Gasteiger charge is -2.02. The third kappa shape index (κ3) is 2.18. The van der Waals surface area contributed by atoms with Crippen LogP contribution in [0.5, 0.6) is 0 Å². The van der Waals surface area contributed by atoms with Gasteiger partial charge in [0.15, 0.2) is 0 Å². The average Bonchev–Trinajstić information content (AvgIpc) is 2.26. The molecular formula is C12H15NO2. The molecule has 0 fully saturated rings. The van der Waals surface area contributed by atoms with Gasteiger partial charge in [0.1, 0.15) is 5.58 Å². The van der Waals surface area contributed by atoms with Crippen LogP contribution >= 0.6 is 0 Å². The topological polar surface area (TPSA) is 56.2 Å². The van der Waals surface area contributed by atoms with Gasteiger partial charge in [0.2, 0.25) is 0 Å². The van der Waals surface area contributed by atoms with Crippen molar-refractivity contribution >= 4 is 16.7 Å². The van der Waals surface area contributed by atoms with E-state index >= 15 is 0 Å².